The maximum Gasteiger partial charge on any atom is 0.151 e. The Labute approximate surface area is 118 Å². The van der Waals surface area contributed by atoms with Gasteiger partial charge in [0.1, 0.15) is 11.3 Å². The number of rotatable bonds is 2. The second kappa shape index (κ2) is 4.45. The average Bonchev–Trinajstić information content (AvgIpc) is 2.66. The molecule has 0 aromatic carbocycles. The Balaban J connectivity index is 2.29. The van der Waals surface area contributed by atoms with Crippen molar-refractivity contribution in [2.45, 2.75) is 58.6 Å². The smallest absolute Gasteiger partial charge is 0.151 e. The summed E-state index contributed by atoms with van der Waals surface area (Å²) < 4.78 is 2.09. The highest BCUT2D eigenvalue weighted by Gasteiger charge is 2.24. The molecule has 0 spiro atoms. The monoisotopic (exact) mass is 274 g/mol. The van der Waals surface area contributed by atoms with Gasteiger partial charge in [-0.15, -0.1) is 0 Å². The lowest BCUT2D eigenvalue weighted by Crippen LogP contribution is -2.27. The van der Waals surface area contributed by atoms with Gasteiger partial charge in [-0.2, -0.15) is 0 Å². The first-order valence-electron chi connectivity index (χ1n) is 7.23. The van der Waals surface area contributed by atoms with Gasteiger partial charge in [-0.1, -0.05) is 0 Å². The Kier molecular flexibility index (Phi) is 2.97. The summed E-state index contributed by atoms with van der Waals surface area (Å²) in [5.74, 6) is 1.40. The van der Waals surface area contributed by atoms with E-state index in [2.05, 4.69) is 14.5 Å². The Morgan fingerprint density at radius 3 is 2.65 bits per heavy atom. The molecular weight excluding hydrogens is 252 g/mol. The van der Waals surface area contributed by atoms with Gasteiger partial charge in [0.2, 0.25) is 0 Å². The molecule has 2 aromatic rings. The highest BCUT2D eigenvalue weighted by atomic mass is 16.3. The number of aromatic nitrogens is 3. The lowest BCUT2D eigenvalue weighted by atomic mass is 9.94. The average molecular weight is 274 g/mol. The molecule has 108 valence electrons. The summed E-state index contributed by atoms with van der Waals surface area (Å²) in [6.07, 6.45) is 4.36. The van der Waals surface area contributed by atoms with Gasteiger partial charge in [0.15, 0.2) is 5.82 Å². The van der Waals surface area contributed by atoms with Gasteiger partial charge in [-0.05, 0) is 52.0 Å². The van der Waals surface area contributed by atoms with Crippen LogP contribution in [0, 0.1) is 6.92 Å². The molecule has 0 aliphatic heterocycles. The van der Waals surface area contributed by atoms with E-state index in [0.29, 0.717) is 12.4 Å². The molecule has 3 rings (SSSR count). The first kappa shape index (κ1) is 13.4. The maximum absolute atomic E-state index is 10.2. The molecule has 20 heavy (non-hydrogen) atoms. The quantitative estimate of drug-likeness (QED) is 0.877. The highest BCUT2D eigenvalue weighted by Crippen LogP contribution is 2.31. The van der Waals surface area contributed by atoms with Crippen molar-refractivity contribution in [3.8, 4) is 0 Å². The van der Waals surface area contributed by atoms with Gasteiger partial charge in [-0.25, -0.2) is 9.97 Å². The standard InChI is InChI=1S/C15H22N4O/c1-9-17-12-13(19(9)8-15(2,3)20)10-6-4-5-7-11(10)18-14(12)16/h20H,4-8H2,1-3H3,(H2,16,18). The molecule has 0 fully saturated rings. The molecule has 2 heterocycles. The van der Waals surface area contributed by atoms with Gasteiger partial charge in [0.25, 0.3) is 0 Å². The van der Waals surface area contributed by atoms with Gasteiger partial charge >= 0.3 is 0 Å². The summed E-state index contributed by atoms with van der Waals surface area (Å²) in [6.45, 7) is 6.11. The number of aliphatic hydroxyl groups is 1. The van der Waals surface area contributed by atoms with Crippen LogP contribution in [0.3, 0.4) is 0 Å². The van der Waals surface area contributed by atoms with Crippen molar-refractivity contribution in [3.05, 3.63) is 17.1 Å². The third-order valence-electron chi connectivity index (χ3n) is 3.93. The van der Waals surface area contributed by atoms with Gasteiger partial charge in [0.05, 0.1) is 17.7 Å². The minimum Gasteiger partial charge on any atom is -0.389 e. The number of aryl methyl sites for hydroxylation is 3. The van der Waals surface area contributed by atoms with Crippen LogP contribution < -0.4 is 5.73 Å². The minimum atomic E-state index is -0.780. The fraction of sp³-hybridized carbons (Fsp3) is 0.600. The van der Waals surface area contributed by atoms with E-state index < -0.39 is 5.60 Å². The zero-order chi connectivity index (χ0) is 14.5. The number of nitrogens with zero attached hydrogens (tertiary/aromatic N) is 3. The molecule has 3 N–H and O–H groups in total. The van der Waals surface area contributed by atoms with Crippen LogP contribution in [0.25, 0.3) is 11.0 Å². The van der Waals surface area contributed by atoms with E-state index in [9.17, 15) is 5.11 Å². The predicted octanol–water partition coefficient (Wildman–Crippen LogP) is 1.97. The molecule has 0 atom stereocenters. The number of nitrogen functional groups attached to an aromatic ring is 1. The maximum atomic E-state index is 10.2. The van der Waals surface area contributed by atoms with E-state index in [4.69, 9.17) is 5.73 Å². The summed E-state index contributed by atoms with van der Waals surface area (Å²) >= 11 is 0. The first-order valence-corrected chi connectivity index (χ1v) is 7.23. The third kappa shape index (κ3) is 2.16. The third-order valence-corrected chi connectivity index (χ3v) is 3.93. The highest BCUT2D eigenvalue weighted by molar-refractivity contribution is 5.89. The van der Waals surface area contributed by atoms with Crippen molar-refractivity contribution in [1.29, 1.82) is 0 Å². The number of hydrogen-bond donors (Lipinski definition) is 2. The van der Waals surface area contributed by atoms with Crippen LogP contribution in [0.2, 0.25) is 0 Å². The Morgan fingerprint density at radius 2 is 1.95 bits per heavy atom. The number of imidazole rings is 1. The molecule has 5 heteroatoms. The largest absolute Gasteiger partial charge is 0.389 e. The zero-order valence-electron chi connectivity index (χ0n) is 12.4. The number of anilines is 1. The Morgan fingerprint density at radius 1 is 1.25 bits per heavy atom. The number of pyridine rings is 1. The van der Waals surface area contributed by atoms with Crippen LogP contribution in [0.4, 0.5) is 5.82 Å². The van der Waals surface area contributed by atoms with E-state index in [1.165, 1.54) is 18.4 Å². The molecule has 5 nitrogen and oxygen atoms in total. The lowest BCUT2D eigenvalue weighted by molar-refractivity contribution is 0.0620. The van der Waals surface area contributed by atoms with Crippen molar-refractivity contribution in [2.24, 2.45) is 0 Å². The van der Waals surface area contributed by atoms with Crippen LogP contribution in [-0.2, 0) is 19.4 Å². The normalized spacial score (nSPS) is 15.6. The van der Waals surface area contributed by atoms with Crippen molar-refractivity contribution < 1.29 is 5.11 Å². The minimum absolute atomic E-state index is 0.512. The summed E-state index contributed by atoms with van der Waals surface area (Å²) in [7, 11) is 0. The van der Waals surface area contributed by atoms with Crippen LogP contribution in [0.5, 0.6) is 0 Å². The molecule has 0 bridgehead atoms. The predicted molar refractivity (Wildman–Crippen MR) is 79.6 cm³/mol. The molecule has 0 unspecified atom stereocenters. The molecule has 1 aliphatic rings. The van der Waals surface area contributed by atoms with Gasteiger partial charge < -0.3 is 15.4 Å². The van der Waals surface area contributed by atoms with Crippen LogP contribution in [0.15, 0.2) is 0 Å². The number of nitrogens with two attached hydrogens (primary N) is 1. The van der Waals surface area contributed by atoms with E-state index >= 15 is 0 Å². The fourth-order valence-electron chi connectivity index (χ4n) is 3.10. The second-order valence-corrected chi connectivity index (χ2v) is 6.38. The molecule has 2 aromatic heterocycles. The molecule has 0 saturated carbocycles. The first-order chi connectivity index (χ1) is 9.37. The molecule has 0 saturated heterocycles. The van der Waals surface area contributed by atoms with Crippen molar-refractivity contribution >= 4 is 16.9 Å². The van der Waals surface area contributed by atoms with E-state index in [1.807, 2.05) is 20.8 Å². The summed E-state index contributed by atoms with van der Waals surface area (Å²) in [6, 6.07) is 0. The van der Waals surface area contributed by atoms with Crippen LogP contribution >= 0.6 is 0 Å². The zero-order valence-corrected chi connectivity index (χ0v) is 12.4. The SMILES string of the molecule is Cc1nc2c(N)nc3c(c2n1CC(C)(C)O)CCCC3. The summed E-state index contributed by atoms with van der Waals surface area (Å²) in [5, 5.41) is 10.2. The molecule has 0 radical (unpaired) electrons. The Hall–Kier alpha value is -1.62. The van der Waals surface area contributed by atoms with Crippen LogP contribution in [-0.4, -0.2) is 25.2 Å². The van der Waals surface area contributed by atoms with Crippen molar-refractivity contribution in [2.75, 3.05) is 5.73 Å². The number of fused-ring (bicyclic) bond motifs is 3. The van der Waals surface area contributed by atoms with Crippen molar-refractivity contribution in [3.63, 3.8) is 0 Å². The van der Waals surface area contributed by atoms with Gasteiger partial charge in [0, 0.05) is 5.69 Å². The molecule has 1 aliphatic carbocycles. The van der Waals surface area contributed by atoms with E-state index in [1.54, 1.807) is 0 Å². The van der Waals surface area contributed by atoms with Crippen LogP contribution in [0.1, 0.15) is 43.8 Å². The molecule has 0 amide bonds. The lowest BCUT2D eigenvalue weighted by Gasteiger charge is -2.22. The second-order valence-electron chi connectivity index (χ2n) is 6.38. The topological polar surface area (TPSA) is 77.0 Å². The summed E-state index contributed by atoms with van der Waals surface area (Å²) in [5.41, 5.74) is 9.54. The summed E-state index contributed by atoms with van der Waals surface area (Å²) in [4.78, 5) is 9.10. The fourth-order valence-corrected chi connectivity index (χ4v) is 3.10. The van der Waals surface area contributed by atoms with Crippen molar-refractivity contribution in [1.82, 2.24) is 14.5 Å². The number of hydrogen-bond acceptors (Lipinski definition) is 4. The molecular formula is C15H22N4O. The van der Waals surface area contributed by atoms with E-state index in [0.717, 1.165) is 35.4 Å². The van der Waals surface area contributed by atoms with Gasteiger partial charge in [-0.3, -0.25) is 0 Å². The Bertz CT molecular complexity index is 667. The van der Waals surface area contributed by atoms with E-state index in [-0.39, 0.29) is 0 Å².